The van der Waals surface area contributed by atoms with Crippen molar-refractivity contribution in [1.29, 1.82) is 0 Å². The van der Waals surface area contributed by atoms with Gasteiger partial charge in [0, 0.05) is 19.5 Å². The first-order valence-corrected chi connectivity index (χ1v) is 6.39. The van der Waals surface area contributed by atoms with E-state index in [2.05, 4.69) is 18.7 Å². The Bertz CT molecular complexity index is 233. The number of carbonyl (C=O) groups is 1. The number of carbonyl (C=O) groups excluding carboxylic acids is 1. The quantitative estimate of drug-likeness (QED) is 0.700. The van der Waals surface area contributed by atoms with Gasteiger partial charge in [-0.15, -0.1) is 0 Å². The summed E-state index contributed by atoms with van der Waals surface area (Å²) in [4.78, 5) is 13.9. The number of hydrogen-bond donors (Lipinski definition) is 0. The van der Waals surface area contributed by atoms with Crippen LogP contribution in [0.25, 0.3) is 0 Å². The number of nitrogens with zero attached hydrogens (tertiary/aromatic N) is 1. The van der Waals surface area contributed by atoms with Crippen LogP contribution >= 0.6 is 0 Å². The van der Waals surface area contributed by atoms with Gasteiger partial charge in [-0.3, -0.25) is 4.79 Å². The molecule has 2 nitrogen and oxygen atoms in total. The van der Waals surface area contributed by atoms with Gasteiger partial charge in [0.15, 0.2) is 0 Å². The molecule has 1 amide bonds. The monoisotopic (exact) mass is 209 g/mol. The van der Waals surface area contributed by atoms with Crippen LogP contribution < -0.4 is 0 Å². The Labute approximate surface area is 93.0 Å². The summed E-state index contributed by atoms with van der Waals surface area (Å²) in [5.41, 5.74) is 0.689. The standard InChI is InChI=1S/C13H23NO/c1-11(2)3-4-12(15)14-9-7-13(5-6-13)8-10-14/h11H,3-10H2,1-2H3. The van der Waals surface area contributed by atoms with E-state index in [1.165, 1.54) is 25.7 Å². The van der Waals surface area contributed by atoms with Crippen molar-refractivity contribution in [1.82, 2.24) is 4.90 Å². The van der Waals surface area contributed by atoms with E-state index in [0.717, 1.165) is 25.9 Å². The van der Waals surface area contributed by atoms with Crippen molar-refractivity contribution < 1.29 is 4.79 Å². The molecule has 86 valence electrons. The zero-order chi connectivity index (χ0) is 10.9. The molecule has 0 unspecified atom stereocenters. The van der Waals surface area contributed by atoms with Crippen LogP contribution in [0.3, 0.4) is 0 Å². The molecular weight excluding hydrogens is 186 g/mol. The summed E-state index contributed by atoms with van der Waals surface area (Å²) in [5.74, 6) is 1.03. The Morgan fingerprint density at radius 3 is 2.27 bits per heavy atom. The summed E-state index contributed by atoms with van der Waals surface area (Å²) in [6.07, 6.45) is 7.16. The molecule has 1 saturated carbocycles. The summed E-state index contributed by atoms with van der Waals surface area (Å²) in [7, 11) is 0. The van der Waals surface area contributed by atoms with Crippen LogP contribution in [0.15, 0.2) is 0 Å². The summed E-state index contributed by atoms with van der Waals surface area (Å²) < 4.78 is 0. The summed E-state index contributed by atoms with van der Waals surface area (Å²) >= 11 is 0. The molecule has 1 saturated heterocycles. The summed E-state index contributed by atoms with van der Waals surface area (Å²) in [5, 5.41) is 0. The molecule has 1 aliphatic carbocycles. The topological polar surface area (TPSA) is 20.3 Å². The summed E-state index contributed by atoms with van der Waals surface area (Å²) in [6.45, 7) is 6.42. The van der Waals surface area contributed by atoms with E-state index < -0.39 is 0 Å². The van der Waals surface area contributed by atoms with E-state index in [4.69, 9.17) is 0 Å². The Morgan fingerprint density at radius 1 is 1.20 bits per heavy atom. The fraction of sp³-hybridized carbons (Fsp3) is 0.923. The Kier molecular flexibility index (Phi) is 3.03. The second-order valence-corrected chi connectivity index (χ2v) is 5.81. The maximum atomic E-state index is 11.9. The van der Waals surface area contributed by atoms with Gasteiger partial charge in [0.05, 0.1) is 0 Å². The first kappa shape index (κ1) is 11.0. The van der Waals surface area contributed by atoms with Crippen molar-refractivity contribution in [2.75, 3.05) is 13.1 Å². The van der Waals surface area contributed by atoms with Crippen molar-refractivity contribution in [2.45, 2.75) is 52.4 Å². The van der Waals surface area contributed by atoms with Gasteiger partial charge in [-0.2, -0.15) is 0 Å². The molecule has 1 heterocycles. The van der Waals surface area contributed by atoms with Crippen molar-refractivity contribution >= 4 is 5.91 Å². The first-order chi connectivity index (χ1) is 7.11. The molecule has 0 atom stereocenters. The summed E-state index contributed by atoms with van der Waals surface area (Å²) in [6, 6.07) is 0. The van der Waals surface area contributed by atoms with E-state index in [0.29, 0.717) is 17.2 Å². The molecule has 0 aromatic heterocycles. The van der Waals surface area contributed by atoms with Gasteiger partial charge in [-0.05, 0) is 43.4 Å². The Hall–Kier alpha value is -0.530. The molecule has 0 N–H and O–H groups in total. The minimum atomic E-state index is 0.388. The number of hydrogen-bond acceptors (Lipinski definition) is 1. The highest BCUT2D eigenvalue weighted by molar-refractivity contribution is 5.76. The zero-order valence-corrected chi connectivity index (χ0v) is 10.1. The van der Waals surface area contributed by atoms with E-state index in [1.807, 2.05) is 0 Å². The smallest absolute Gasteiger partial charge is 0.222 e. The average molecular weight is 209 g/mol. The van der Waals surface area contributed by atoms with Crippen LogP contribution in [0.2, 0.25) is 0 Å². The Balaban J connectivity index is 1.72. The molecule has 1 spiro atoms. The second kappa shape index (κ2) is 4.15. The zero-order valence-electron chi connectivity index (χ0n) is 10.1. The largest absolute Gasteiger partial charge is 0.343 e. The van der Waals surface area contributed by atoms with Gasteiger partial charge < -0.3 is 4.90 Å². The normalized spacial score (nSPS) is 23.5. The van der Waals surface area contributed by atoms with Gasteiger partial charge >= 0.3 is 0 Å². The molecule has 2 fully saturated rings. The molecule has 1 aliphatic heterocycles. The van der Waals surface area contributed by atoms with Crippen molar-refractivity contribution in [3.8, 4) is 0 Å². The van der Waals surface area contributed by atoms with Gasteiger partial charge in [0.1, 0.15) is 0 Å². The third kappa shape index (κ3) is 2.73. The van der Waals surface area contributed by atoms with Crippen molar-refractivity contribution in [3.63, 3.8) is 0 Å². The lowest BCUT2D eigenvalue weighted by Crippen LogP contribution is -2.39. The maximum Gasteiger partial charge on any atom is 0.222 e. The lowest BCUT2D eigenvalue weighted by molar-refractivity contribution is -0.133. The van der Waals surface area contributed by atoms with Crippen molar-refractivity contribution in [3.05, 3.63) is 0 Å². The van der Waals surface area contributed by atoms with Crippen LogP contribution in [-0.4, -0.2) is 23.9 Å². The highest BCUT2D eigenvalue weighted by Crippen LogP contribution is 2.53. The lowest BCUT2D eigenvalue weighted by Gasteiger charge is -2.32. The lowest BCUT2D eigenvalue weighted by atomic mass is 9.93. The minimum absolute atomic E-state index is 0.388. The van der Waals surface area contributed by atoms with E-state index in [1.54, 1.807) is 0 Å². The molecule has 2 rings (SSSR count). The van der Waals surface area contributed by atoms with Crippen LogP contribution in [-0.2, 0) is 4.79 Å². The number of piperidine rings is 1. The predicted octanol–water partition coefficient (Wildman–Crippen LogP) is 2.83. The number of amides is 1. The molecule has 2 heteroatoms. The first-order valence-electron chi connectivity index (χ1n) is 6.39. The van der Waals surface area contributed by atoms with Gasteiger partial charge in [0.2, 0.25) is 5.91 Å². The van der Waals surface area contributed by atoms with Crippen LogP contribution in [0.1, 0.15) is 52.4 Å². The van der Waals surface area contributed by atoms with Crippen LogP contribution in [0, 0.1) is 11.3 Å². The molecular formula is C13H23NO. The highest BCUT2D eigenvalue weighted by atomic mass is 16.2. The minimum Gasteiger partial charge on any atom is -0.343 e. The molecule has 15 heavy (non-hydrogen) atoms. The van der Waals surface area contributed by atoms with Gasteiger partial charge in [-0.1, -0.05) is 13.8 Å². The molecule has 0 radical (unpaired) electrons. The van der Waals surface area contributed by atoms with Crippen LogP contribution in [0.5, 0.6) is 0 Å². The average Bonchev–Trinajstić information content (AvgIpc) is 2.96. The van der Waals surface area contributed by atoms with E-state index >= 15 is 0 Å². The molecule has 0 aromatic rings. The molecule has 0 bridgehead atoms. The van der Waals surface area contributed by atoms with Gasteiger partial charge in [-0.25, -0.2) is 0 Å². The molecule has 0 aromatic carbocycles. The molecule has 2 aliphatic rings. The predicted molar refractivity (Wildman–Crippen MR) is 61.6 cm³/mol. The van der Waals surface area contributed by atoms with E-state index in [9.17, 15) is 4.79 Å². The van der Waals surface area contributed by atoms with E-state index in [-0.39, 0.29) is 0 Å². The highest BCUT2D eigenvalue weighted by Gasteiger charge is 2.44. The van der Waals surface area contributed by atoms with Crippen LogP contribution in [0.4, 0.5) is 0 Å². The van der Waals surface area contributed by atoms with Crippen molar-refractivity contribution in [2.24, 2.45) is 11.3 Å². The fourth-order valence-corrected chi connectivity index (χ4v) is 2.48. The Morgan fingerprint density at radius 2 is 1.80 bits per heavy atom. The van der Waals surface area contributed by atoms with Gasteiger partial charge in [0.25, 0.3) is 0 Å². The number of rotatable bonds is 3. The number of likely N-dealkylation sites (tertiary alicyclic amines) is 1. The second-order valence-electron chi connectivity index (χ2n) is 5.81. The fourth-order valence-electron chi connectivity index (χ4n) is 2.48. The SMILES string of the molecule is CC(C)CCC(=O)N1CCC2(CC1)CC2. The third-order valence-electron chi connectivity index (χ3n) is 4.07. The maximum absolute atomic E-state index is 11.9. The third-order valence-corrected chi connectivity index (χ3v) is 4.07.